The number of methoxy groups -OCH3 is 1. The van der Waals surface area contributed by atoms with E-state index in [4.69, 9.17) is 28.4 Å². The number of hydrogen-bond acceptors (Lipinski definition) is 9. The van der Waals surface area contributed by atoms with Crippen LogP contribution in [-0.4, -0.2) is 77.0 Å². The molecule has 0 aliphatic carbocycles. The van der Waals surface area contributed by atoms with E-state index in [-0.39, 0.29) is 12.0 Å². The zero-order valence-corrected chi connectivity index (χ0v) is 23.4. The van der Waals surface area contributed by atoms with E-state index in [0.29, 0.717) is 56.8 Å². The molecule has 0 radical (unpaired) electrons. The van der Waals surface area contributed by atoms with E-state index in [1.807, 2.05) is 48.5 Å². The van der Waals surface area contributed by atoms with Gasteiger partial charge in [0.05, 0.1) is 31.0 Å². The lowest BCUT2D eigenvalue weighted by Crippen LogP contribution is -2.49. The maximum Gasteiger partial charge on any atom is 0.165 e. The monoisotopic (exact) mass is 562 g/mol. The van der Waals surface area contributed by atoms with Crippen LogP contribution in [0.5, 0.6) is 28.7 Å². The lowest BCUT2D eigenvalue weighted by molar-refractivity contribution is -0.0328. The molecule has 0 spiro atoms. The van der Waals surface area contributed by atoms with Gasteiger partial charge in [-0.1, -0.05) is 18.2 Å². The van der Waals surface area contributed by atoms with Crippen molar-refractivity contribution in [1.29, 1.82) is 0 Å². The molecule has 6 rings (SSSR count). The van der Waals surface area contributed by atoms with E-state index in [9.17, 15) is 5.11 Å². The number of piperidine rings is 1. The standard InChI is InChI=1S/C32H38N2O7/c1-36-13-2-11-34-12-14-37-28-9-3-22(17-26(28)34)21-40-31-20-33-19-27(35)32(31)23-4-6-24(7-5-23)41-25-8-10-29-30(18-25)39-16-15-38-29/h3-10,17-18,27,31-33,35H,2,11-16,19-21H2,1H3/t27-,31+,32+/m1/s1. The van der Waals surface area contributed by atoms with Crippen LogP contribution in [0.3, 0.4) is 0 Å². The summed E-state index contributed by atoms with van der Waals surface area (Å²) >= 11 is 0. The summed E-state index contributed by atoms with van der Waals surface area (Å²) in [5.74, 6) is 3.55. The van der Waals surface area contributed by atoms with Crippen LogP contribution >= 0.6 is 0 Å². The SMILES string of the molecule is COCCCN1CCOc2ccc(CO[C@H]3CNC[C@@H](O)[C@@H]3c3ccc(Oc4ccc5c(c4)OCCO5)cc3)cc21. The Hall–Kier alpha value is -3.50. The summed E-state index contributed by atoms with van der Waals surface area (Å²) in [6, 6.07) is 19.7. The number of rotatable bonds is 10. The van der Waals surface area contributed by atoms with Gasteiger partial charge in [-0.05, 0) is 53.9 Å². The Morgan fingerprint density at radius 2 is 1.66 bits per heavy atom. The second kappa shape index (κ2) is 13.0. The van der Waals surface area contributed by atoms with Gasteiger partial charge in [-0.25, -0.2) is 0 Å². The van der Waals surface area contributed by atoms with Crippen molar-refractivity contribution < 1.29 is 33.5 Å². The molecule has 3 aromatic rings. The van der Waals surface area contributed by atoms with Gasteiger partial charge in [-0.2, -0.15) is 0 Å². The van der Waals surface area contributed by atoms with Crippen LogP contribution in [-0.2, 0) is 16.1 Å². The minimum Gasteiger partial charge on any atom is -0.490 e. The lowest BCUT2D eigenvalue weighted by atomic mass is 9.85. The number of fused-ring (bicyclic) bond motifs is 2. The van der Waals surface area contributed by atoms with E-state index in [1.165, 1.54) is 0 Å². The maximum atomic E-state index is 11.0. The van der Waals surface area contributed by atoms with Crippen molar-refractivity contribution in [1.82, 2.24) is 5.32 Å². The summed E-state index contributed by atoms with van der Waals surface area (Å²) in [7, 11) is 1.73. The molecule has 1 saturated heterocycles. The van der Waals surface area contributed by atoms with Crippen molar-refractivity contribution in [3.05, 3.63) is 71.8 Å². The molecule has 9 heteroatoms. The number of nitrogens with one attached hydrogen (secondary N) is 1. The van der Waals surface area contributed by atoms with Gasteiger partial charge in [0.25, 0.3) is 0 Å². The van der Waals surface area contributed by atoms with Crippen LogP contribution in [0.4, 0.5) is 5.69 Å². The molecule has 0 amide bonds. The predicted molar refractivity (Wildman–Crippen MR) is 155 cm³/mol. The van der Waals surface area contributed by atoms with Gasteiger partial charge in [-0.3, -0.25) is 0 Å². The summed E-state index contributed by atoms with van der Waals surface area (Å²) < 4.78 is 34.9. The third kappa shape index (κ3) is 6.54. The minimum absolute atomic E-state index is 0.161. The lowest BCUT2D eigenvalue weighted by Gasteiger charge is -2.36. The van der Waals surface area contributed by atoms with E-state index >= 15 is 0 Å². The first-order valence-corrected chi connectivity index (χ1v) is 14.4. The molecule has 0 bridgehead atoms. The van der Waals surface area contributed by atoms with E-state index in [0.717, 1.165) is 54.4 Å². The first-order chi connectivity index (χ1) is 20.2. The van der Waals surface area contributed by atoms with Crippen molar-refractivity contribution in [2.24, 2.45) is 0 Å². The zero-order valence-electron chi connectivity index (χ0n) is 23.4. The zero-order chi connectivity index (χ0) is 28.0. The number of hydrogen-bond donors (Lipinski definition) is 2. The Labute approximate surface area is 240 Å². The average molecular weight is 563 g/mol. The Balaban J connectivity index is 1.11. The van der Waals surface area contributed by atoms with Crippen LogP contribution in [0.25, 0.3) is 0 Å². The van der Waals surface area contributed by atoms with Crippen LogP contribution < -0.4 is 29.2 Å². The van der Waals surface area contributed by atoms with Gasteiger partial charge in [0.15, 0.2) is 11.5 Å². The smallest absolute Gasteiger partial charge is 0.165 e. The quantitative estimate of drug-likeness (QED) is 0.354. The van der Waals surface area contributed by atoms with E-state index < -0.39 is 6.10 Å². The minimum atomic E-state index is -0.563. The molecule has 1 fully saturated rings. The molecule has 41 heavy (non-hydrogen) atoms. The molecule has 218 valence electrons. The number of ether oxygens (including phenoxy) is 6. The van der Waals surface area contributed by atoms with Gasteiger partial charge in [-0.15, -0.1) is 0 Å². The van der Waals surface area contributed by atoms with Crippen molar-refractivity contribution in [2.75, 3.05) is 64.6 Å². The Morgan fingerprint density at radius 3 is 2.51 bits per heavy atom. The number of anilines is 1. The molecule has 0 aromatic heterocycles. The highest BCUT2D eigenvalue weighted by Crippen LogP contribution is 2.37. The molecule has 3 aliphatic rings. The highest BCUT2D eigenvalue weighted by molar-refractivity contribution is 5.61. The molecule has 3 aromatic carbocycles. The van der Waals surface area contributed by atoms with Crippen molar-refractivity contribution in [3.63, 3.8) is 0 Å². The fourth-order valence-electron chi connectivity index (χ4n) is 5.70. The first kappa shape index (κ1) is 27.7. The van der Waals surface area contributed by atoms with Crippen LogP contribution in [0, 0.1) is 0 Å². The molecule has 3 aliphatic heterocycles. The second-order valence-corrected chi connectivity index (χ2v) is 10.6. The first-order valence-electron chi connectivity index (χ1n) is 14.4. The Bertz CT molecular complexity index is 1300. The average Bonchev–Trinajstić information content (AvgIpc) is 3.01. The topological polar surface area (TPSA) is 90.9 Å². The molecule has 0 saturated carbocycles. The predicted octanol–water partition coefficient (Wildman–Crippen LogP) is 4.12. The molecule has 3 heterocycles. The number of β-amino-alcohol motifs (C(OH)–C–C–N with tert-alkyl or cyclic N) is 1. The number of aliphatic hydroxyl groups is 1. The number of nitrogens with zero attached hydrogens (tertiary/aromatic N) is 1. The van der Waals surface area contributed by atoms with Crippen molar-refractivity contribution in [3.8, 4) is 28.7 Å². The number of benzene rings is 3. The van der Waals surface area contributed by atoms with Gasteiger partial charge >= 0.3 is 0 Å². The van der Waals surface area contributed by atoms with Crippen molar-refractivity contribution >= 4 is 5.69 Å². The van der Waals surface area contributed by atoms with Gasteiger partial charge < -0.3 is 43.7 Å². The summed E-state index contributed by atoms with van der Waals surface area (Å²) in [5, 5.41) is 14.3. The third-order valence-corrected chi connectivity index (χ3v) is 7.75. The molecule has 9 nitrogen and oxygen atoms in total. The molecular formula is C32H38N2O7. The third-order valence-electron chi connectivity index (χ3n) is 7.75. The summed E-state index contributed by atoms with van der Waals surface area (Å²) in [6.45, 7) is 5.91. The second-order valence-electron chi connectivity index (χ2n) is 10.6. The molecular weight excluding hydrogens is 524 g/mol. The highest BCUT2D eigenvalue weighted by Gasteiger charge is 2.34. The van der Waals surface area contributed by atoms with Gasteiger partial charge in [0.2, 0.25) is 0 Å². The number of aliphatic hydroxyl groups excluding tert-OH is 1. The Morgan fingerprint density at radius 1 is 0.878 bits per heavy atom. The van der Waals surface area contributed by atoms with Gasteiger partial charge in [0.1, 0.15) is 37.1 Å². The fourth-order valence-corrected chi connectivity index (χ4v) is 5.70. The maximum absolute atomic E-state index is 11.0. The Kier molecular flexibility index (Phi) is 8.77. The normalized spacial score (nSPS) is 21.6. The van der Waals surface area contributed by atoms with E-state index in [2.05, 4.69) is 22.3 Å². The summed E-state index contributed by atoms with van der Waals surface area (Å²) in [5.41, 5.74) is 3.19. The largest absolute Gasteiger partial charge is 0.490 e. The van der Waals surface area contributed by atoms with Crippen LogP contribution in [0.1, 0.15) is 23.5 Å². The summed E-state index contributed by atoms with van der Waals surface area (Å²) in [4.78, 5) is 2.35. The van der Waals surface area contributed by atoms with E-state index in [1.54, 1.807) is 7.11 Å². The van der Waals surface area contributed by atoms with Crippen LogP contribution in [0.15, 0.2) is 60.7 Å². The molecule has 0 unspecified atom stereocenters. The molecule has 2 N–H and O–H groups in total. The molecule has 3 atom stereocenters. The van der Waals surface area contributed by atoms with Gasteiger partial charge in [0, 0.05) is 45.3 Å². The van der Waals surface area contributed by atoms with Crippen LogP contribution in [0.2, 0.25) is 0 Å². The van der Waals surface area contributed by atoms with Crippen molar-refractivity contribution in [2.45, 2.75) is 31.2 Å². The summed E-state index contributed by atoms with van der Waals surface area (Å²) in [6.07, 6.45) is 0.213. The fraction of sp³-hybridized carbons (Fsp3) is 0.438. The highest BCUT2D eigenvalue weighted by atomic mass is 16.6.